The highest BCUT2D eigenvalue weighted by Crippen LogP contribution is 2.68. The van der Waals surface area contributed by atoms with Crippen LogP contribution >= 0.6 is 0 Å². The maximum absolute atomic E-state index is 13.5. The fraction of sp³-hybridized carbons (Fsp3) is 0.485. The van der Waals surface area contributed by atoms with Crippen LogP contribution in [0, 0.1) is 11.3 Å². The minimum absolute atomic E-state index is 0.119. The van der Waals surface area contributed by atoms with E-state index in [0.29, 0.717) is 5.56 Å². The van der Waals surface area contributed by atoms with Gasteiger partial charge in [-0.05, 0) is 63.8 Å². The lowest BCUT2D eigenvalue weighted by Gasteiger charge is -2.64. The average Bonchev–Trinajstić information content (AvgIpc) is 3.10. The van der Waals surface area contributed by atoms with Gasteiger partial charge in [-0.2, -0.15) is 0 Å². The Morgan fingerprint density at radius 3 is 2.26 bits per heavy atom. The molecule has 2 aliphatic carbocycles. The summed E-state index contributed by atoms with van der Waals surface area (Å²) in [4.78, 5) is 39.0. The third-order valence-electron chi connectivity index (χ3n) is 9.35. The summed E-state index contributed by atoms with van der Waals surface area (Å²) in [7, 11) is 0. The zero-order valence-corrected chi connectivity index (χ0v) is 24.3. The maximum atomic E-state index is 13.5. The SMILES string of the molecule is CC(=O)OC1CCC(C)(O)C23OC(C)(C)C(CC(OC(=O)c4ccccc4)C12COC(=O)C=Cc1ccccc1)C3O. The zero-order valence-electron chi connectivity index (χ0n) is 24.3. The molecular weight excluding hydrogens is 540 g/mol. The third-order valence-corrected chi connectivity index (χ3v) is 9.35. The number of benzene rings is 2. The molecule has 9 nitrogen and oxygen atoms in total. The summed E-state index contributed by atoms with van der Waals surface area (Å²) in [6.07, 6.45) is -0.0376. The molecule has 42 heavy (non-hydrogen) atoms. The molecule has 224 valence electrons. The Morgan fingerprint density at radius 1 is 0.976 bits per heavy atom. The molecule has 1 heterocycles. The Hall–Kier alpha value is -3.53. The fourth-order valence-corrected chi connectivity index (χ4v) is 7.46. The van der Waals surface area contributed by atoms with Gasteiger partial charge in [0, 0.05) is 18.9 Å². The van der Waals surface area contributed by atoms with Gasteiger partial charge in [0.1, 0.15) is 29.8 Å². The minimum Gasteiger partial charge on any atom is -0.462 e. The number of ether oxygens (including phenoxy) is 4. The number of esters is 3. The van der Waals surface area contributed by atoms with Crippen LogP contribution in [0.3, 0.4) is 0 Å². The van der Waals surface area contributed by atoms with E-state index in [1.54, 1.807) is 43.3 Å². The number of hydrogen-bond acceptors (Lipinski definition) is 9. The molecule has 0 aromatic heterocycles. The smallest absolute Gasteiger partial charge is 0.338 e. The molecule has 3 fully saturated rings. The lowest BCUT2D eigenvalue weighted by atomic mass is 9.47. The van der Waals surface area contributed by atoms with Crippen molar-refractivity contribution in [3.05, 3.63) is 77.9 Å². The Labute approximate surface area is 245 Å². The van der Waals surface area contributed by atoms with Crippen molar-refractivity contribution in [3.8, 4) is 0 Å². The summed E-state index contributed by atoms with van der Waals surface area (Å²) in [6.45, 7) is 5.98. The van der Waals surface area contributed by atoms with Crippen LogP contribution in [-0.4, -0.2) is 69.8 Å². The Morgan fingerprint density at radius 2 is 1.62 bits per heavy atom. The number of carbonyl (C=O) groups is 3. The van der Waals surface area contributed by atoms with Crippen LogP contribution in [0.4, 0.5) is 0 Å². The predicted octanol–water partition coefficient (Wildman–Crippen LogP) is 3.86. The second kappa shape index (κ2) is 10.9. The zero-order chi connectivity index (χ0) is 30.3. The first-order chi connectivity index (χ1) is 19.8. The van der Waals surface area contributed by atoms with Gasteiger partial charge < -0.3 is 29.2 Å². The largest absolute Gasteiger partial charge is 0.462 e. The van der Waals surface area contributed by atoms with Gasteiger partial charge in [0.25, 0.3) is 0 Å². The lowest BCUT2D eigenvalue weighted by molar-refractivity contribution is -0.339. The molecule has 2 N–H and O–H groups in total. The number of aliphatic hydroxyl groups is 2. The molecular formula is C33H38O9. The highest BCUT2D eigenvalue weighted by Gasteiger charge is 2.83. The molecule has 1 spiro atoms. The highest BCUT2D eigenvalue weighted by molar-refractivity contribution is 5.89. The van der Waals surface area contributed by atoms with Crippen molar-refractivity contribution in [3.63, 3.8) is 0 Å². The minimum atomic E-state index is -1.81. The number of hydrogen-bond donors (Lipinski definition) is 2. The van der Waals surface area contributed by atoms with E-state index in [1.165, 1.54) is 13.0 Å². The molecule has 0 amide bonds. The quantitative estimate of drug-likeness (QED) is 0.286. The molecule has 1 aliphatic heterocycles. The van der Waals surface area contributed by atoms with E-state index in [4.69, 9.17) is 18.9 Å². The second-order valence-electron chi connectivity index (χ2n) is 12.3. The number of carbonyl (C=O) groups excluding carboxylic acids is 3. The van der Waals surface area contributed by atoms with Crippen molar-refractivity contribution < 1.29 is 43.5 Å². The van der Waals surface area contributed by atoms with Crippen molar-refractivity contribution in [2.24, 2.45) is 11.3 Å². The predicted molar refractivity (Wildman–Crippen MR) is 152 cm³/mol. The summed E-state index contributed by atoms with van der Waals surface area (Å²) in [5, 5.41) is 24.0. The summed E-state index contributed by atoms with van der Waals surface area (Å²) < 4.78 is 24.6. The maximum Gasteiger partial charge on any atom is 0.338 e. The molecule has 2 saturated carbocycles. The fourth-order valence-electron chi connectivity index (χ4n) is 7.46. The van der Waals surface area contributed by atoms with Crippen LogP contribution < -0.4 is 0 Å². The van der Waals surface area contributed by atoms with Crippen molar-refractivity contribution >= 4 is 24.0 Å². The van der Waals surface area contributed by atoms with Gasteiger partial charge in [0.05, 0.1) is 22.9 Å². The first-order valence-electron chi connectivity index (χ1n) is 14.3. The third kappa shape index (κ3) is 4.83. The number of fused-ring (bicyclic) bond motifs is 1. The van der Waals surface area contributed by atoms with Crippen LogP contribution in [-0.2, 0) is 28.5 Å². The van der Waals surface area contributed by atoms with Gasteiger partial charge in [0.15, 0.2) is 0 Å². The van der Waals surface area contributed by atoms with E-state index < -0.39 is 71.0 Å². The standard InChI is InChI=1S/C33H38O9/c1-21(34)40-25-17-18-31(4,38)33-28(36)24(30(2,3)42-33)19-26(41-29(37)23-13-9-6-10-14-23)32(25,33)20-39-27(35)16-15-22-11-7-5-8-12-22/h5-16,24-26,28,36,38H,17-20H2,1-4H3. The lowest BCUT2D eigenvalue weighted by Crippen LogP contribution is -2.80. The van der Waals surface area contributed by atoms with E-state index in [-0.39, 0.29) is 19.3 Å². The van der Waals surface area contributed by atoms with E-state index in [0.717, 1.165) is 5.56 Å². The number of aliphatic hydroxyl groups excluding tert-OH is 1. The summed E-state index contributed by atoms with van der Waals surface area (Å²) in [5.41, 5.74) is -5.00. The van der Waals surface area contributed by atoms with Gasteiger partial charge in [-0.15, -0.1) is 0 Å². The monoisotopic (exact) mass is 578 g/mol. The molecule has 7 atom stereocenters. The van der Waals surface area contributed by atoms with Crippen LogP contribution in [0.5, 0.6) is 0 Å². The van der Waals surface area contributed by atoms with Crippen molar-refractivity contribution in [2.75, 3.05) is 6.61 Å². The van der Waals surface area contributed by atoms with Crippen molar-refractivity contribution in [1.82, 2.24) is 0 Å². The summed E-state index contributed by atoms with van der Waals surface area (Å²) >= 11 is 0. The van der Waals surface area contributed by atoms with Gasteiger partial charge in [-0.3, -0.25) is 4.79 Å². The van der Waals surface area contributed by atoms with Crippen LogP contribution in [0.25, 0.3) is 6.08 Å². The van der Waals surface area contributed by atoms with Gasteiger partial charge >= 0.3 is 17.9 Å². The van der Waals surface area contributed by atoms with Crippen LogP contribution in [0.15, 0.2) is 66.7 Å². The second-order valence-corrected chi connectivity index (χ2v) is 12.3. The van der Waals surface area contributed by atoms with Gasteiger partial charge in [0.2, 0.25) is 0 Å². The van der Waals surface area contributed by atoms with Gasteiger partial charge in [-0.1, -0.05) is 48.5 Å². The molecule has 0 radical (unpaired) electrons. The van der Waals surface area contributed by atoms with Crippen molar-refractivity contribution in [2.45, 2.75) is 82.1 Å². The molecule has 2 aromatic rings. The van der Waals surface area contributed by atoms with E-state index >= 15 is 0 Å². The van der Waals surface area contributed by atoms with Crippen LogP contribution in [0.1, 0.15) is 62.9 Å². The topological polar surface area (TPSA) is 129 Å². The Balaban J connectivity index is 1.61. The van der Waals surface area contributed by atoms with Gasteiger partial charge in [-0.25, -0.2) is 9.59 Å². The van der Waals surface area contributed by atoms with Crippen molar-refractivity contribution in [1.29, 1.82) is 0 Å². The molecule has 5 rings (SSSR count). The van der Waals surface area contributed by atoms with Crippen LogP contribution in [0.2, 0.25) is 0 Å². The number of rotatable bonds is 7. The van der Waals surface area contributed by atoms with E-state index in [1.807, 2.05) is 44.2 Å². The normalized spacial score (nSPS) is 34.8. The molecule has 1 saturated heterocycles. The molecule has 9 heteroatoms. The first kappa shape index (κ1) is 29.9. The summed E-state index contributed by atoms with van der Waals surface area (Å²) in [6, 6.07) is 17.6. The summed E-state index contributed by atoms with van der Waals surface area (Å²) in [5.74, 6) is -2.48. The molecule has 3 aliphatic rings. The van der Waals surface area contributed by atoms with E-state index in [2.05, 4.69) is 0 Å². The van der Waals surface area contributed by atoms with E-state index in [9.17, 15) is 24.6 Å². The molecule has 2 aromatic carbocycles. The average molecular weight is 579 g/mol. The molecule has 2 bridgehead atoms. The highest BCUT2D eigenvalue weighted by atomic mass is 16.6. The first-order valence-corrected chi connectivity index (χ1v) is 14.3. The Kier molecular flexibility index (Phi) is 7.81. The Bertz CT molecular complexity index is 1350. The molecule has 7 unspecified atom stereocenters.